The summed E-state index contributed by atoms with van der Waals surface area (Å²) in [6, 6.07) is 14.5. The lowest BCUT2D eigenvalue weighted by Crippen LogP contribution is -2.47. The molecular weight excluding hydrogens is 406 g/mol. The number of carbonyl (C=O) groups is 3. The van der Waals surface area contributed by atoms with Gasteiger partial charge in [0.2, 0.25) is 5.91 Å². The Balaban J connectivity index is 1.46. The number of hydrogen-bond donors (Lipinski definition) is 2. The molecule has 1 saturated carbocycles. The molecule has 168 valence electrons. The van der Waals surface area contributed by atoms with Crippen molar-refractivity contribution in [2.24, 2.45) is 5.92 Å². The molecule has 0 radical (unpaired) electrons. The van der Waals surface area contributed by atoms with E-state index in [0.29, 0.717) is 0 Å². The van der Waals surface area contributed by atoms with E-state index in [-0.39, 0.29) is 25.0 Å². The van der Waals surface area contributed by atoms with Crippen molar-refractivity contribution >= 4 is 17.8 Å². The van der Waals surface area contributed by atoms with Crippen LogP contribution in [0, 0.1) is 19.8 Å². The Kier molecular flexibility index (Phi) is 5.91. The number of aryl methyl sites for hydroxylation is 2. The van der Waals surface area contributed by atoms with Crippen LogP contribution in [0.15, 0.2) is 48.5 Å². The molecule has 1 aliphatic carbocycles. The van der Waals surface area contributed by atoms with Crippen molar-refractivity contribution in [1.82, 2.24) is 15.5 Å². The van der Waals surface area contributed by atoms with E-state index in [1.54, 1.807) is 6.92 Å². The predicted molar refractivity (Wildman–Crippen MR) is 120 cm³/mol. The summed E-state index contributed by atoms with van der Waals surface area (Å²) < 4.78 is 6.10. The number of nitrogens with one attached hydrogen (secondary N) is 2. The average Bonchev–Trinajstić information content (AvgIpc) is 3.59. The van der Waals surface area contributed by atoms with E-state index < -0.39 is 23.5 Å². The fraction of sp³-hybridized carbons (Fsp3) is 0.400. The van der Waals surface area contributed by atoms with Gasteiger partial charge in [-0.15, -0.1) is 0 Å². The maximum Gasteiger partial charge on any atom is 0.325 e. The maximum absolute atomic E-state index is 12.9. The molecule has 0 aromatic heterocycles. The highest BCUT2D eigenvalue weighted by Crippen LogP contribution is 2.42. The summed E-state index contributed by atoms with van der Waals surface area (Å²) in [6.07, 6.45) is 1.82. The van der Waals surface area contributed by atoms with Gasteiger partial charge >= 0.3 is 6.03 Å². The summed E-state index contributed by atoms with van der Waals surface area (Å²) in [5.74, 6) is 0.197. The maximum atomic E-state index is 12.9. The second-order valence-corrected chi connectivity index (χ2v) is 8.86. The standard InChI is InChI=1S/C25H29N3O4/c1-16-8-7-9-17(2)22(16)32-15-20(18-10-5-4-6-11-18)26-21(29)14-28-23(30)25(3,19-12-13-19)27-24(28)31/h4-11,19-20H,12-15H2,1-3H3,(H,26,29)(H,27,31)/t20-,25-/m1/s1. The Morgan fingerprint density at radius 1 is 1.12 bits per heavy atom. The number of nitrogens with zero attached hydrogens (tertiary/aromatic N) is 1. The van der Waals surface area contributed by atoms with Gasteiger partial charge < -0.3 is 15.4 Å². The molecule has 7 nitrogen and oxygen atoms in total. The summed E-state index contributed by atoms with van der Waals surface area (Å²) in [6.45, 7) is 5.61. The van der Waals surface area contributed by atoms with Crippen molar-refractivity contribution in [2.45, 2.75) is 45.2 Å². The largest absolute Gasteiger partial charge is 0.491 e. The third-order valence-electron chi connectivity index (χ3n) is 6.34. The Morgan fingerprint density at radius 2 is 1.78 bits per heavy atom. The molecule has 2 aliphatic rings. The number of amides is 4. The lowest BCUT2D eigenvalue weighted by Gasteiger charge is -2.23. The molecule has 0 unspecified atom stereocenters. The minimum Gasteiger partial charge on any atom is -0.491 e. The van der Waals surface area contributed by atoms with Crippen LogP contribution in [0.3, 0.4) is 0 Å². The summed E-state index contributed by atoms with van der Waals surface area (Å²) in [5.41, 5.74) is 2.01. The molecule has 1 saturated heterocycles. The molecule has 4 amide bonds. The summed E-state index contributed by atoms with van der Waals surface area (Å²) in [7, 11) is 0. The number of imide groups is 1. The van der Waals surface area contributed by atoms with Crippen LogP contribution in [0.2, 0.25) is 0 Å². The average molecular weight is 436 g/mol. The van der Waals surface area contributed by atoms with Crippen molar-refractivity contribution in [3.63, 3.8) is 0 Å². The zero-order valence-electron chi connectivity index (χ0n) is 18.7. The first-order chi connectivity index (χ1) is 15.3. The molecule has 4 rings (SSSR count). The quantitative estimate of drug-likeness (QED) is 0.623. The summed E-state index contributed by atoms with van der Waals surface area (Å²) >= 11 is 0. The number of para-hydroxylation sites is 1. The number of rotatable bonds is 8. The zero-order chi connectivity index (χ0) is 22.9. The van der Waals surface area contributed by atoms with Gasteiger partial charge in [0.1, 0.15) is 24.4 Å². The van der Waals surface area contributed by atoms with E-state index in [1.807, 2.05) is 62.4 Å². The highest BCUT2D eigenvalue weighted by molar-refractivity contribution is 6.09. The third kappa shape index (κ3) is 4.33. The van der Waals surface area contributed by atoms with Crippen molar-refractivity contribution in [3.05, 3.63) is 65.2 Å². The first-order valence-electron chi connectivity index (χ1n) is 11.0. The van der Waals surface area contributed by atoms with E-state index in [2.05, 4.69) is 10.6 Å². The normalized spacial score (nSPS) is 21.3. The summed E-state index contributed by atoms with van der Waals surface area (Å²) in [4.78, 5) is 39.1. The van der Waals surface area contributed by atoms with Gasteiger partial charge in [0, 0.05) is 0 Å². The molecule has 2 fully saturated rings. The number of carbonyl (C=O) groups excluding carboxylic acids is 3. The number of hydrogen-bond acceptors (Lipinski definition) is 4. The monoisotopic (exact) mass is 435 g/mol. The van der Waals surface area contributed by atoms with E-state index in [0.717, 1.165) is 40.2 Å². The fourth-order valence-electron chi connectivity index (χ4n) is 4.28. The predicted octanol–water partition coefficient (Wildman–Crippen LogP) is 3.26. The highest BCUT2D eigenvalue weighted by Gasteiger charge is 2.56. The molecule has 1 heterocycles. The molecule has 1 aliphatic heterocycles. The van der Waals surface area contributed by atoms with Gasteiger partial charge in [0.15, 0.2) is 0 Å². The van der Waals surface area contributed by atoms with E-state index >= 15 is 0 Å². The Morgan fingerprint density at radius 3 is 2.41 bits per heavy atom. The topological polar surface area (TPSA) is 87.7 Å². The van der Waals surface area contributed by atoms with Crippen LogP contribution >= 0.6 is 0 Å². The van der Waals surface area contributed by atoms with Gasteiger partial charge in [-0.2, -0.15) is 0 Å². The Hall–Kier alpha value is -3.35. The summed E-state index contributed by atoms with van der Waals surface area (Å²) in [5, 5.41) is 5.72. The van der Waals surface area contributed by atoms with Gasteiger partial charge in [-0.1, -0.05) is 48.5 Å². The van der Waals surface area contributed by atoms with Gasteiger partial charge in [-0.05, 0) is 56.2 Å². The van der Waals surface area contributed by atoms with Crippen LogP contribution in [-0.4, -0.2) is 41.4 Å². The molecule has 2 aromatic rings. The molecule has 2 atom stereocenters. The van der Waals surface area contributed by atoms with Gasteiger partial charge in [-0.3, -0.25) is 14.5 Å². The lowest BCUT2D eigenvalue weighted by molar-refractivity contribution is -0.135. The van der Waals surface area contributed by atoms with Crippen molar-refractivity contribution in [3.8, 4) is 5.75 Å². The number of ether oxygens (including phenoxy) is 1. The smallest absolute Gasteiger partial charge is 0.325 e. The van der Waals surface area contributed by atoms with Gasteiger partial charge in [-0.25, -0.2) is 4.79 Å². The van der Waals surface area contributed by atoms with Crippen LogP contribution in [0.1, 0.15) is 42.5 Å². The molecule has 0 spiro atoms. The molecule has 32 heavy (non-hydrogen) atoms. The van der Waals surface area contributed by atoms with Crippen LogP contribution < -0.4 is 15.4 Å². The van der Waals surface area contributed by atoms with Crippen molar-refractivity contribution in [2.75, 3.05) is 13.2 Å². The van der Waals surface area contributed by atoms with E-state index in [4.69, 9.17) is 4.74 Å². The minimum atomic E-state index is -0.901. The molecule has 0 bridgehead atoms. The first-order valence-corrected chi connectivity index (χ1v) is 11.0. The van der Waals surface area contributed by atoms with Crippen LogP contribution in [0.4, 0.5) is 4.79 Å². The van der Waals surface area contributed by atoms with Crippen molar-refractivity contribution in [1.29, 1.82) is 0 Å². The molecule has 2 aromatic carbocycles. The molecular formula is C25H29N3O4. The highest BCUT2D eigenvalue weighted by atomic mass is 16.5. The third-order valence-corrected chi connectivity index (χ3v) is 6.34. The first kappa shape index (κ1) is 21.9. The number of benzene rings is 2. The van der Waals surface area contributed by atoms with E-state index in [9.17, 15) is 14.4 Å². The number of urea groups is 1. The van der Waals surface area contributed by atoms with Crippen LogP contribution in [0.5, 0.6) is 5.75 Å². The van der Waals surface area contributed by atoms with Gasteiger partial charge in [0.25, 0.3) is 5.91 Å². The SMILES string of the molecule is Cc1cccc(C)c1OC[C@@H](NC(=O)CN1C(=O)N[C@](C)(C2CC2)C1=O)c1ccccc1. The lowest BCUT2D eigenvalue weighted by atomic mass is 9.96. The molecule has 2 N–H and O–H groups in total. The van der Waals surface area contributed by atoms with Crippen LogP contribution in [0.25, 0.3) is 0 Å². The second-order valence-electron chi connectivity index (χ2n) is 8.86. The van der Waals surface area contributed by atoms with Crippen LogP contribution in [-0.2, 0) is 9.59 Å². The van der Waals surface area contributed by atoms with Crippen molar-refractivity contribution < 1.29 is 19.1 Å². The Bertz CT molecular complexity index is 1010. The van der Waals surface area contributed by atoms with Gasteiger partial charge in [0.05, 0.1) is 6.04 Å². The fourth-order valence-corrected chi connectivity index (χ4v) is 4.28. The zero-order valence-corrected chi connectivity index (χ0v) is 18.7. The minimum absolute atomic E-state index is 0.148. The Labute approximate surface area is 188 Å². The second kappa shape index (κ2) is 8.65. The van der Waals surface area contributed by atoms with E-state index in [1.165, 1.54) is 0 Å². The molecule has 7 heteroatoms.